The second-order valence-corrected chi connectivity index (χ2v) is 5.72. The Balaban J connectivity index is 1.64. The topological polar surface area (TPSA) is 47.4 Å². The van der Waals surface area contributed by atoms with Gasteiger partial charge in [-0.3, -0.25) is 9.48 Å². The number of aromatic nitrogens is 2. The summed E-state index contributed by atoms with van der Waals surface area (Å²) in [4.78, 5) is 14.4. The number of benzene rings is 1. The Morgan fingerprint density at radius 2 is 2.27 bits per heavy atom. The minimum absolute atomic E-state index is 0.110. The fourth-order valence-corrected chi connectivity index (χ4v) is 2.81. The molecule has 5 heteroatoms. The highest BCUT2D eigenvalue weighted by Crippen LogP contribution is 2.27. The SMILES string of the molecule is CCn1cc(CN(C)C(=O)[C@H]2COc3ccccc3C2)cn1. The molecule has 0 aliphatic carbocycles. The summed E-state index contributed by atoms with van der Waals surface area (Å²) in [5.74, 6) is 0.915. The lowest BCUT2D eigenvalue weighted by Crippen LogP contribution is -2.38. The van der Waals surface area contributed by atoms with E-state index in [0.29, 0.717) is 13.2 Å². The Morgan fingerprint density at radius 3 is 3.05 bits per heavy atom. The molecular weight excluding hydrogens is 278 g/mol. The zero-order chi connectivity index (χ0) is 15.5. The summed E-state index contributed by atoms with van der Waals surface area (Å²) < 4.78 is 7.58. The van der Waals surface area contributed by atoms with E-state index in [1.165, 1.54) is 0 Å². The number of rotatable bonds is 4. The number of para-hydroxylation sites is 1. The molecule has 0 fully saturated rings. The van der Waals surface area contributed by atoms with E-state index in [1.807, 2.05) is 55.3 Å². The Kier molecular flexibility index (Phi) is 4.13. The van der Waals surface area contributed by atoms with E-state index < -0.39 is 0 Å². The molecule has 116 valence electrons. The second kappa shape index (κ2) is 6.22. The number of carbonyl (C=O) groups excluding carboxylic acids is 1. The first-order valence-corrected chi connectivity index (χ1v) is 7.64. The van der Waals surface area contributed by atoms with E-state index in [4.69, 9.17) is 4.74 Å². The van der Waals surface area contributed by atoms with Gasteiger partial charge < -0.3 is 9.64 Å². The molecule has 5 nitrogen and oxygen atoms in total. The second-order valence-electron chi connectivity index (χ2n) is 5.72. The van der Waals surface area contributed by atoms with Gasteiger partial charge in [0.2, 0.25) is 5.91 Å². The first kappa shape index (κ1) is 14.6. The Labute approximate surface area is 130 Å². The van der Waals surface area contributed by atoms with Crippen LogP contribution in [0.4, 0.5) is 0 Å². The number of aryl methyl sites for hydroxylation is 1. The molecule has 2 aromatic rings. The van der Waals surface area contributed by atoms with Crippen LogP contribution >= 0.6 is 0 Å². The summed E-state index contributed by atoms with van der Waals surface area (Å²) in [6, 6.07) is 7.93. The van der Waals surface area contributed by atoms with Gasteiger partial charge in [-0.2, -0.15) is 5.10 Å². The third-order valence-corrected chi connectivity index (χ3v) is 4.03. The van der Waals surface area contributed by atoms with Crippen molar-refractivity contribution in [2.75, 3.05) is 13.7 Å². The number of ether oxygens (including phenoxy) is 1. The number of hydrogen-bond acceptors (Lipinski definition) is 3. The quantitative estimate of drug-likeness (QED) is 0.869. The number of carbonyl (C=O) groups is 1. The highest BCUT2D eigenvalue weighted by atomic mass is 16.5. The largest absolute Gasteiger partial charge is 0.492 e. The molecule has 0 unspecified atom stereocenters. The molecule has 1 aromatic carbocycles. The average molecular weight is 299 g/mol. The van der Waals surface area contributed by atoms with Crippen LogP contribution in [0.2, 0.25) is 0 Å². The van der Waals surface area contributed by atoms with Gasteiger partial charge in [-0.15, -0.1) is 0 Å². The van der Waals surface area contributed by atoms with Gasteiger partial charge in [0, 0.05) is 31.9 Å². The number of fused-ring (bicyclic) bond motifs is 1. The van der Waals surface area contributed by atoms with Crippen LogP contribution in [0.15, 0.2) is 36.7 Å². The summed E-state index contributed by atoms with van der Waals surface area (Å²) in [5, 5.41) is 4.24. The average Bonchev–Trinajstić information content (AvgIpc) is 3.01. The van der Waals surface area contributed by atoms with Crippen molar-refractivity contribution in [1.29, 1.82) is 0 Å². The molecule has 1 amide bonds. The van der Waals surface area contributed by atoms with Crippen molar-refractivity contribution in [2.24, 2.45) is 5.92 Å². The highest BCUT2D eigenvalue weighted by molar-refractivity contribution is 5.79. The molecule has 1 aliphatic rings. The van der Waals surface area contributed by atoms with E-state index >= 15 is 0 Å². The van der Waals surface area contributed by atoms with Crippen LogP contribution in [0.25, 0.3) is 0 Å². The normalized spacial score (nSPS) is 16.7. The van der Waals surface area contributed by atoms with Crippen LogP contribution in [0.1, 0.15) is 18.1 Å². The van der Waals surface area contributed by atoms with Gasteiger partial charge in [0.1, 0.15) is 12.4 Å². The van der Waals surface area contributed by atoms with Crippen LogP contribution in [0.3, 0.4) is 0 Å². The maximum atomic E-state index is 12.6. The van der Waals surface area contributed by atoms with Crippen molar-refractivity contribution in [3.8, 4) is 5.75 Å². The molecule has 0 spiro atoms. The van der Waals surface area contributed by atoms with E-state index in [9.17, 15) is 4.79 Å². The molecule has 0 N–H and O–H groups in total. The predicted octanol–water partition coefficient (Wildman–Crippen LogP) is 2.11. The summed E-state index contributed by atoms with van der Waals surface area (Å²) in [5.41, 5.74) is 2.16. The number of amides is 1. The molecule has 0 saturated carbocycles. The minimum Gasteiger partial charge on any atom is -0.492 e. The first-order valence-electron chi connectivity index (χ1n) is 7.64. The highest BCUT2D eigenvalue weighted by Gasteiger charge is 2.28. The lowest BCUT2D eigenvalue weighted by Gasteiger charge is -2.28. The van der Waals surface area contributed by atoms with Gasteiger partial charge in [-0.05, 0) is 25.0 Å². The van der Waals surface area contributed by atoms with Crippen LogP contribution in [-0.4, -0.2) is 34.2 Å². The maximum absolute atomic E-state index is 12.6. The van der Waals surface area contributed by atoms with E-state index in [1.54, 1.807) is 4.90 Å². The smallest absolute Gasteiger partial charge is 0.229 e. The van der Waals surface area contributed by atoms with E-state index in [0.717, 1.165) is 29.8 Å². The third kappa shape index (κ3) is 2.98. The van der Waals surface area contributed by atoms with E-state index in [2.05, 4.69) is 5.10 Å². The van der Waals surface area contributed by atoms with Crippen LogP contribution in [0, 0.1) is 5.92 Å². The zero-order valence-electron chi connectivity index (χ0n) is 13.0. The Hall–Kier alpha value is -2.30. The molecule has 2 heterocycles. The first-order chi connectivity index (χ1) is 10.7. The van der Waals surface area contributed by atoms with Gasteiger partial charge in [-0.25, -0.2) is 0 Å². The van der Waals surface area contributed by atoms with Crippen LogP contribution < -0.4 is 4.74 Å². The lowest BCUT2D eigenvalue weighted by molar-refractivity contribution is -0.136. The number of nitrogens with zero attached hydrogens (tertiary/aromatic N) is 3. The molecule has 1 aliphatic heterocycles. The van der Waals surface area contributed by atoms with E-state index in [-0.39, 0.29) is 11.8 Å². The summed E-state index contributed by atoms with van der Waals surface area (Å²) in [6.45, 7) is 3.92. The minimum atomic E-state index is -0.110. The lowest BCUT2D eigenvalue weighted by atomic mass is 9.95. The molecule has 3 rings (SSSR count). The molecular formula is C17H21N3O2. The van der Waals surface area contributed by atoms with Crippen LogP contribution in [0.5, 0.6) is 5.75 Å². The monoisotopic (exact) mass is 299 g/mol. The summed E-state index contributed by atoms with van der Waals surface area (Å²) in [7, 11) is 1.84. The molecule has 1 atom stereocenters. The van der Waals surface area contributed by atoms with Gasteiger partial charge in [0.25, 0.3) is 0 Å². The van der Waals surface area contributed by atoms with Crippen molar-refractivity contribution in [2.45, 2.75) is 26.4 Å². The number of hydrogen-bond donors (Lipinski definition) is 0. The molecule has 0 bridgehead atoms. The summed E-state index contributed by atoms with van der Waals surface area (Å²) >= 11 is 0. The zero-order valence-corrected chi connectivity index (χ0v) is 13.0. The van der Waals surface area contributed by atoms with Gasteiger partial charge in [-0.1, -0.05) is 18.2 Å². The fourth-order valence-electron chi connectivity index (χ4n) is 2.81. The molecule has 0 saturated heterocycles. The van der Waals surface area contributed by atoms with Crippen molar-refractivity contribution >= 4 is 5.91 Å². The Bertz CT molecular complexity index is 665. The van der Waals surface area contributed by atoms with Gasteiger partial charge >= 0.3 is 0 Å². The van der Waals surface area contributed by atoms with Crippen molar-refractivity contribution in [1.82, 2.24) is 14.7 Å². The Morgan fingerprint density at radius 1 is 1.45 bits per heavy atom. The van der Waals surface area contributed by atoms with Gasteiger partial charge in [0.15, 0.2) is 0 Å². The molecule has 22 heavy (non-hydrogen) atoms. The maximum Gasteiger partial charge on any atom is 0.229 e. The van der Waals surface area contributed by atoms with Crippen molar-refractivity contribution < 1.29 is 9.53 Å². The standard InChI is InChI=1S/C17H21N3O2/c1-3-20-11-13(9-18-20)10-19(2)17(21)15-8-14-6-4-5-7-16(14)22-12-15/h4-7,9,11,15H,3,8,10,12H2,1-2H3/t15-/m1/s1. The summed E-state index contributed by atoms with van der Waals surface area (Å²) in [6.07, 6.45) is 4.55. The van der Waals surface area contributed by atoms with Crippen molar-refractivity contribution in [3.63, 3.8) is 0 Å². The van der Waals surface area contributed by atoms with Crippen LogP contribution in [-0.2, 0) is 24.3 Å². The van der Waals surface area contributed by atoms with Crippen molar-refractivity contribution in [3.05, 3.63) is 47.8 Å². The molecule has 0 radical (unpaired) electrons. The van der Waals surface area contributed by atoms with Gasteiger partial charge in [0.05, 0.1) is 12.1 Å². The fraction of sp³-hybridized carbons (Fsp3) is 0.412. The predicted molar refractivity (Wildman–Crippen MR) is 83.5 cm³/mol. The third-order valence-electron chi connectivity index (χ3n) is 4.03. The molecule has 1 aromatic heterocycles.